The second kappa shape index (κ2) is 8.48. The van der Waals surface area contributed by atoms with E-state index in [1.54, 1.807) is 13.1 Å². The summed E-state index contributed by atoms with van der Waals surface area (Å²) in [7, 11) is 1.54. The highest BCUT2D eigenvalue weighted by Gasteiger charge is 2.11. The van der Waals surface area contributed by atoms with Gasteiger partial charge in [0.25, 0.3) is 0 Å². The summed E-state index contributed by atoms with van der Waals surface area (Å²) in [5, 5.41) is 11.3. The van der Waals surface area contributed by atoms with Crippen molar-refractivity contribution in [1.82, 2.24) is 10.2 Å². The lowest BCUT2D eigenvalue weighted by molar-refractivity contribution is -0.137. The predicted molar refractivity (Wildman–Crippen MR) is 77.9 cm³/mol. The van der Waals surface area contributed by atoms with Crippen molar-refractivity contribution in [1.29, 1.82) is 0 Å². The van der Waals surface area contributed by atoms with E-state index in [1.165, 1.54) is 4.90 Å². The molecule has 0 radical (unpaired) electrons. The number of aliphatic carboxylic acids is 1. The van der Waals surface area contributed by atoms with Crippen molar-refractivity contribution in [2.24, 2.45) is 0 Å². The first kappa shape index (κ1) is 16.4. The van der Waals surface area contributed by atoms with Crippen LogP contribution in [0.15, 0.2) is 24.3 Å². The summed E-state index contributed by atoms with van der Waals surface area (Å²) in [5.41, 5.74) is 0.799. The number of hydrogen-bond donors (Lipinski definition) is 2. The fourth-order valence-electron chi connectivity index (χ4n) is 1.58. The highest BCUT2D eigenvalue weighted by Crippen LogP contribution is 2.17. The number of urea groups is 1. The van der Waals surface area contributed by atoms with Gasteiger partial charge < -0.3 is 20.1 Å². The summed E-state index contributed by atoms with van der Waals surface area (Å²) in [4.78, 5) is 23.6. The maximum Gasteiger partial charge on any atom is 0.317 e. The molecule has 0 heterocycles. The molecule has 2 N–H and O–H groups in total. The highest BCUT2D eigenvalue weighted by atomic mass is 16.5. The van der Waals surface area contributed by atoms with E-state index >= 15 is 0 Å². The second-order valence-corrected chi connectivity index (χ2v) is 4.32. The van der Waals surface area contributed by atoms with Gasteiger partial charge in [0.05, 0.1) is 6.42 Å². The number of carbonyl (C=O) groups excluding carboxylic acids is 1. The lowest BCUT2D eigenvalue weighted by Crippen LogP contribution is -2.38. The van der Waals surface area contributed by atoms with Crippen molar-refractivity contribution in [2.45, 2.75) is 13.0 Å². The molecule has 2 amide bonds. The van der Waals surface area contributed by atoms with Crippen LogP contribution in [0.25, 0.3) is 0 Å². The Balaban J connectivity index is 2.53. The van der Waals surface area contributed by atoms with Crippen LogP contribution in [0.1, 0.15) is 12.0 Å². The Morgan fingerprint density at radius 1 is 1.43 bits per heavy atom. The van der Waals surface area contributed by atoms with Crippen molar-refractivity contribution in [3.8, 4) is 18.1 Å². The van der Waals surface area contributed by atoms with E-state index in [0.29, 0.717) is 5.75 Å². The topological polar surface area (TPSA) is 78.9 Å². The third-order valence-corrected chi connectivity index (χ3v) is 2.72. The molecule has 0 saturated carbocycles. The van der Waals surface area contributed by atoms with E-state index in [9.17, 15) is 9.59 Å². The number of ether oxygens (including phenoxy) is 1. The number of benzene rings is 1. The maximum atomic E-state index is 11.8. The fraction of sp³-hybridized carbons (Fsp3) is 0.333. The molecule has 0 saturated heterocycles. The number of nitrogens with one attached hydrogen (secondary N) is 1. The van der Waals surface area contributed by atoms with Gasteiger partial charge in [-0.05, 0) is 6.07 Å². The first-order chi connectivity index (χ1) is 10.0. The standard InChI is InChI=1S/C15H18N2O4/c1-3-10-21-13-7-5-4-6-12(13)11-16-15(20)17(2)9-8-14(18)19/h1,4-7H,8-11H2,2H3,(H,16,20)(H,18,19). The fourth-order valence-corrected chi connectivity index (χ4v) is 1.58. The van der Waals surface area contributed by atoms with Gasteiger partial charge in [-0.3, -0.25) is 4.79 Å². The van der Waals surface area contributed by atoms with Crippen LogP contribution in [-0.4, -0.2) is 42.2 Å². The minimum Gasteiger partial charge on any atom is -0.481 e. The van der Waals surface area contributed by atoms with Crippen LogP contribution in [0, 0.1) is 12.3 Å². The number of para-hydroxylation sites is 1. The molecule has 1 aromatic rings. The third kappa shape index (κ3) is 5.87. The summed E-state index contributed by atoms with van der Waals surface area (Å²) in [6.07, 6.45) is 5.06. The molecule has 0 aliphatic heterocycles. The van der Waals surface area contributed by atoms with Gasteiger partial charge in [-0.25, -0.2) is 4.79 Å². The molecule has 1 rings (SSSR count). The van der Waals surface area contributed by atoms with Gasteiger partial charge in [0.15, 0.2) is 0 Å². The zero-order valence-electron chi connectivity index (χ0n) is 11.8. The normalized spacial score (nSPS) is 9.52. The van der Waals surface area contributed by atoms with Crippen LogP contribution in [0.4, 0.5) is 4.79 Å². The van der Waals surface area contributed by atoms with E-state index < -0.39 is 5.97 Å². The first-order valence-electron chi connectivity index (χ1n) is 6.39. The Labute approximate surface area is 123 Å². The van der Waals surface area contributed by atoms with Gasteiger partial charge in [-0.15, -0.1) is 6.42 Å². The van der Waals surface area contributed by atoms with Crippen LogP contribution >= 0.6 is 0 Å². The predicted octanol–water partition coefficient (Wildman–Crippen LogP) is 1.31. The van der Waals surface area contributed by atoms with Gasteiger partial charge in [-0.1, -0.05) is 24.1 Å². The Hall–Kier alpha value is -2.68. The molecule has 0 bridgehead atoms. The first-order valence-corrected chi connectivity index (χ1v) is 6.39. The second-order valence-electron chi connectivity index (χ2n) is 4.32. The van der Waals surface area contributed by atoms with Crippen LogP contribution in [0.5, 0.6) is 5.75 Å². The molecule has 6 heteroatoms. The highest BCUT2D eigenvalue weighted by molar-refractivity contribution is 5.75. The van der Waals surface area contributed by atoms with E-state index in [4.69, 9.17) is 16.3 Å². The van der Waals surface area contributed by atoms with Crippen LogP contribution < -0.4 is 10.1 Å². The molecule has 0 fully saturated rings. The van der Waals surface area contributed by atoms with Crippen molar-refractivity contribution < 1.29 is 19.4 Å². The van der Waals surface area contributed by atoms with E-state index in [1.807, 2.05) is 18.2 Å². The Morgan fingerprint density at radius 3 is 2.81 bits per heavy atom. The minimum atomic E-state index is -0.942. The number of rotatable bonds is 7. The summed E-state index contributed by atoms with van der Waals surface area (Å²) >= 11 is 0. The quantitative estimate of drug-likeness (QED) is 0.742. The van der Waals surface area contributed by atoms with E-state index in [-0.39, 0.29) is 32.1 Å². The number of terminal acetylenes is 1. The molecule has 0 atom stereocenters. The molecule has 0 aromatic heterocycles. The zero-order chi connectivity index (χ0) is 15.7. The number of nitrogens with zero attached hydrogens (tertiary/aromatic N) is 1. The number of carbonyl (C=O) groups is 2. The molecule has 112 valence electrons. The average molecular weight is 290 g/mol. The van der Waals surface area contributed by atoms with E-state index in [2.05, 4.69) is 11.2 Å². The monoisotopic (exact) mass is 290 g/mol. The SMILES string of the molecule is C#CCOc1ccccc1CNC(=O)N(C)CCC(=O)O. The maximum absolute atomic E-state index is 11.8. The van der Waals surface area contributed by atoms with Gasteiger partial charge in [-0.2, -0.15) is 0 Å². The van der Waals surface area contributed by atoms with Crippen molar-refractivity contribution >= 4 is 12.0 Å². The average Bonchev–Trinajstić information content (AvgIpc) is 2.48. The lowest BCUT2D eigenvalue weighted by atomic mass is 10.2. The molecule has 21 heavy (non-hydrogen) atoms. The van der Waals surface area contributed by atoms with Crippen LogP contribution in [0.3, 0.4) is 0 Å². The third-order valence-electron chi connectivity index (χ3n) is 2.72. The Bertz CT molecular complexity index is 537. The van der Waals surface area contributed by atoms with Crippen LogP contribution in [-0.2, 0) is 11.3 Å². The molecule has 0 aliphatic carbocycles. The number of carboxylic acid groups (broad SMARTS) is 1. The summed E-state index contributed by atoms with van der Waals surface area (Å²) < 4.78 is 5.38. The van der Waals surface area contributed by atoms with Gasteiger partial charge >= 0.3 is 12.0 Å². The Kier molecular flexibility index (Phi) is 6.61. The molecule has 1 aromatic carbocycles. The summed E-state index contributed by atoms with van der Waals surface area (Å²) in [6, 6.07) is 6.90. The molecule has 6 nitrogen and oxygen atoms in total. The number of hydrogen-bond acceptors (Lipinski definition) is 3. The van der Waals surface area contributed by atoms with Gasteiger partial charge in [0.1, 0.15) is 12.4 Å². The number of amides is 2. The van der Waals surface area contributed by atoms with Crippen molar-refractivity contribution in [3.63, 3.8) is 0 Å². The molecule has 0 spiro atoms. The lowest BCUT2D eigenvalue weighted by Gasteiger charge is -2.17. The van der Waals surface area contributed by atoms with Crippen LogP contribution in [0.2, 0.25) is 0 Å². The molecular formula is C15H18N2O4. The van der Waals surface area contributed by atoms with Crippen molar-refractivity contribution in [2.75, 3.05) is 20.2 Å². The smallest absolute Gasteiger partial charge is 0.317 e. The Morgan fingerprint density at radius 2 is 2.14 bits per heavy atom. The summed E-state index contributed by atoms with van der Waals surface area (Å²) in [6.45, 7) is 0.580. The summed E-state index contributed by atoms with van der Waals surface area (Å²) in [5.74, 6) is 2.05. The minimum absolute atomic E-state index is 0.0915. The molecular weight excluding hydrogens is 272 g/mol. The van der Waals surface area contributed by atoms with Gasteiger partial charge in [0, 0.05) is 25.7 Å². The van der Waals surface area contributed by atoms with E-state index in [0.717, 1.165) is 5.56 Å². The zero-order valence-corrected chi connectivity index (χ0v) is 11.8. The number of carboxylic acids is 1. The molecule has 0 aliphatic rings. The van der Waals surface area contributed by atoms with Crippen molar-refractivity contribution in [3.05, 3.63) is 29.8 Å². The van der Waals surface area contributed by atoms with Gasteiger partial charge in [0.2, 0.25) is 0 Å². The largest absolute Gasteiger partial charge is 0.481 e. The molecule has 0 unspecified atom stereocenters.